The van der Waals surface area contributed by atoms with Crippen LogP contribution in [0.3, 0.4) is 0 Å². The molecule has 0 saturated heterocycles. The second kappa shape index (κ2) is 12.3. The third kappa shape index (κ3) is 7.15. The zero-order valence-electron chi connectivity index (χ0n) is 21.0. The van der Waals surface area contributed by atoms with Gasteiger partial charge in [0.05, 0.1) is 11.8 Å². The predicted octanol–water partition coefficient (Wildman–Crippen LogP) is 6.98. The highest BCUT2D eigenvalue weighted by atomic mass is 35.5. The van der Waals surface area contributed by atoms with Crippen molar-refractivity contribution in [2.24, 2.45) is 0 Å². The Morgan fingerprint density at radius 1 is 0.974 bits per heavy atom. The highest BCUT2D eigenvalue weighted by molar-refractivity contribution is 7.18. The second-order valence-electron chi connectivity index (χ2n) is 9.61. The molecule has 2 heterocycles. The van der Waals surface area contributed by atoms with E-state index >= 15 is 0 Å². The van der Waals surface area contributed by atoms with E-state index < -0.39 is 12.6 Å². The Morgan fingerprint density at radius 3 is 2.45 bits per heavy atom. The van der Waals surface area contributed by atoms with E-state index in [4.69, 9.17) is 0 Å². The van der Waals surface area contributed by atoms with E-state index in [0.29, 0.717) is 22.1 Å². The number of benzene rings is 2. The lowest BCUT2D eigenvalue weighted by Crippen LogP contribution is -2.33. The number of thiophene rings is 1. The molecule has 4 aromatic rings. The lowest BCUT2D eigenvalue weighted by molar-refractivity contribution is -0.126. The fourth-order valence-electron chi connectivity index (χ4n) is 4.93. The van der Waals surface area contributed by atoms with Crippen molar-refractivity contribution >= 4 is 45.5 Å². The van der Waals surface area contributed by atoms with Crippen LogP contribution in [0.25, 0.3) is 10.2 Å². The highest BCUT2D eigenvalue weighted by Crippen LogP contribution is 2.35. The minimum atomic E-state index is -4.23. The van der Waals surface area contributed by atoms with Crippen LogP contribution in [0.4, 0.5) is 24.7 Å². The van der Waals surface area contributed by atoms with Gasteiger partial charge in [0.2, 0.25) is 0 Å². The molecule has 0 bridgehead atoms. The van der Waals surface area contributed by atoms with Crippen LogP contribution in [-0.4, -0.2) is 35.3 Å². The molecular formula is C28H31ClF3N5S. The van der Waals surface area contributed by atoms with Gasteiger partial charge in [0.1, 0.15) is 17.0 Å². The summed E-state index contributed by atoms with van der Waals surface area (Å²) in [7, 11) is 1.98. The zero-order chi connectivity index (χ0) is 25.8. The van der Waals surface area contributed by atoms with Gasteiger partial charge in [0, 0.05) is 42.8 Å². The molecule has 2 atom stereocenters. The normalized spacial score (nSPS) is 17.4. The molecular weight excluding hydrogens is 531 g/mol. The first-order valence-corrected chi connectivity index (χ1v) is 13.3. The van der Waals surface area contributed by atoms with Crippen molar-refractivity contribution < 1.29 is 13.2 Å². The minimum Gasteiger partial charge on any atom is -0.381 e. The van der Waals surface area contributed by atoms with Gasteiger partial charge in [-0.05, 0) is 48.6 Å². The third-order valence-electron chi connectivity index (χ3n) is 6.91. The monoisotopic (exact) mass is 561 g/mol. The van der Waals surface area contributed by atoms with Crippen LogP contribution in [0.5, 0.6) is 0 Å². The smallest absolute Gasteiger partial charge is 0.381 e. The van der Waals surface area contributed by atoms with Crippen molar-refractivity contribution in [2.75, 3.05) is 17.3 Å². The molecule has 10 heteroatoms. The number of nitrogens with one attached hydrogen (secondary N) is 2. The number of hydrogen-bond donors (Lipinski definition) is 2. The topological polar surface area (TPSA) is 53.1 Å². The van der Waals surface area contributed by atoms with Gasteiger partial charge >= 0.3 is 6.18 Å². The van der Waals surface area contributed by atoms with Crippen LogP contribution in [0.1, 0.15) is 35.3 Å². The summed E-state index contributed by atoms with van der Waals surface area (Å²) in [4.78, 5) is 11.6. The van der Waals surface area contributed by atoms with Gasteiger partial charge in [-0.1, -0.05) is 42.5 Å². The van der Waals surface area contributed by atoms with Gasteiger partial charge in [0.25, 0.3) is 0 Å². The summed E-state index contributed by atoms with van der Waals surface area (Å²) in [5.41, 5.74) is 3.57. The Hall–Kier alpha value is -2.88. The maximum absolute atomic E-state index is 12.9. The number of hydrogen-bond acceptors (Lipinski definition) is 6. The summed E-state index contributed by atoms with van der Waals surface area (Å²) in [6.45, 7) is 1.59. The number of nitrogens with zero attached hydrogens (tertiary/aromatic N) is 3. The van der Waals surface area contributed by atoms with Crippen LogP contribution < -0.4 is 15.5 Å². The Labute approximate surface area is 230 Å². The number of anilines is 2. The van der Waals surface area contributed by atoms with Crippen molar-refractivity contribution in [1.29, 1.82) is 0 Å². The molecule has 1 fully saturated rings. The first-order valence-electron chi connectivity index (χ1n) is 12.5. The SMILES string of the molecule is CN(c1ncnc2sc(CC(F)(F)F)cc12)C1CCC(NCc2ccc(NCc3ccccc3)cc2)C1.Cl. The average Bonchev–Trinajstić information content (AvgIpc) is 3.52. The zero-order valence-corrected chi connectivity index (χ0v) is 22.7. The molecule has 0 spiro atoms. The summed E-state index contributed by atoms with van der Waals surface area (Å²) >= 11 is 1.09. The molecule has 2 unspecified atom stereocenters. The van der Waals surface area contributed by atoms with Gasteiger partial charge < -0.3 is 15.5 Å². The summed E-state index contributed by atoms with van der Waals surface area (Å²) < 4.78 is 38.6. The number of fused-ring (bicyclic) bond motifs is 1. The maximum Gasteiger partial charge on any atom is 0.393 e. The van der Waals surface area contributed by atoms with Crippen LogP contribution in [-0.2, 0) is 19.5 Å². The molecule has 1 saturated carbocycles. The summed E-state index contributed by atoms with van der Waals surface area (Å²) in [6.07, 6.45) is -0.714. The van der Waals surface area contributed by atoms with E-state index in [0.717, 1.165) is 49.4 Å². The Balaban J connectivity index is 0.00000336. The number of rotatable bonds is 9. The third-order valence-corrected chi connectivity index (χ3v) is 7.95. The Bertz CT molecular complexity index is 1310. The van der Waals surface area contributed by atoms with E-state index in [1.54, 1.807) is 6.07 Å². The quantitative estimate of drug-likeness (QED) is 0.231. The molecule has 1 aliphatic carbocycles. The van der Waals surface area contributed by atoms with E-state index in [1.807, 2.05) is 25.2 Å². The van der Waals surface area contributed by atoms with Gasteiger partial charge in [-0.2, -0.15) is 13.2 Å². The molecule has 0 amide bonds. The van der Waals surface area contributed by atoms with E-state index in [1.165, 1.54) is 17.5 Å². The van der Waals surface area contributed by atoms with Crippen LogP contribution in [0.15, 0.2) is 67.0 Å². The molecule has 2 aromatic carbocycles. The van der Waals surface area contributed by atoms with Gasteiger partial charge in [0.15, 0.2) is 0 Å². The largest absolute Gasteiger partial charge is 0.393 e. The number of aromatic nitrogens is 2. The number of alkyl halides is 3. The van der Waals surface area contributed by atoms with Crippen molar-refractivity contribution in [3.05, 3.63) is 83.0 Å². The van der Waals surface area contributed by atoms with E-state index in [9.17, 15) is 13.2 Å². The van der Waals surface area contributed by atoms with Crippen molar-refractivity contribution in [3.8, 4) is 0 Å². The van der Waals surface area contributed by atoms with Crippen molar-refractivity contribution in [3.63, 3.8) is 0 Å². The van der Waals surface area contributed by atoms with E-state index in [-0.39, 0.29) is 23.3 Å². The highest BCUT2D eigenvalue weighted by Gasteiger charge is 2.31. The molecule has 5 rings (SSSR count). The van der Waals surface area contributed by atoms with Crippen LogP contribution in [0, 0.1) is 0 Å². The molecule has 0 aliphatic heterocycles. The average molecular weight is 562 g/mol. The van der Waals surface area contributed by atoms with Gasteiger partial charge in [-0.3, -0.25) is 0 Å². The maximum atomic E-state index is 12.9. The van der Waals surface area contributed by atoms with Gasteiger partial charge in [-0.25, -0.2) is 9.97 Å². The molecule has 2 aromatic heterocycles. The molecule has 202 valence electrons. The van der Waals surface area contributed by atoms with Gasteiger partial charge in [-0.15, -0.1) is 23.7 Å². The Kier molecular flexibility index (Phi) is 9.12. The summed E-state index contributed by atoms with van der Waals surface area (Å²) in [5, 5.41) is 7.83. The van der Waals surface area contributed by atoms with Crippen molar-refractivity contribution in [2.45, 2.75) is 57.0 Å². The fourth-order valence-corrected chi connectivity index (χ4v) is 5.95. The molecule has 1 aliphatic rings. The van der Waals surface area contributed by atoms with Crippen LogP contribution >= 0.6 is 23.7 Å². The molecule has 2 N–H and O–H groups in total. The van der Waals surface area contributed by atoms with Crippen LogP contribution in [0.2, 0.25) is 0 Å². The summed E-state index contributed by atoms with van der Waals surface area (Å²) in [5.74, 6) is 0.707. The molecule has 38 heavy (non-hydrogen) atoms. The standard InChI is InChI=1S/C28H30F3N5S.ClH/c1-36(26-25-14-24(15-28(29,30)31)37-27(25)35-18-34-26)23-12-11-22(13-23)33-17-20-7-9-21(10-8-20)32-16-19-5-3-2-4-6-19;/h2-10,14,18,22-23,32-33H,11-13,15-17H2,1H3;1H. The first-order chi connectivity index (χ1) is 17.8. The van der Waals surface area contributed by atoms with E-state index in [2.05, 4.69) is 61.9 Å². The summed E-state index contributed by atoms with van der Waals surface area (Å²) in [6, 6.07) is 21.1. The first kappa shape index (κ1) is 28.1. The molecule has 0 radical (unpaired) electrons. The van der Waals surface area contributed by atoms with Crippen molar-refractivity contribution in [1.82, 2.24) is 15.3 Å². The lowest BCUT2D eigenvalue weighted by atomic mass is 10.1. The Morgan fingerprint density at radius 2 is 1.71 bits per heavy atom. The minimum absolute atomic E-state index is 0. The molecule has 5 nitrogen and oxygen atoms in total. The fraction of sp³-hybridized carbons (Fsp3) is 0.357. The predicted molar refractivity (Wildman–Crippen MR) is 151 cm³/mol. The lowest BCUT2D eigenvalue weighted by Gasteiger charge is -2.26. The second-order valence-corrected chi connectivity index (χ2v) is 10.7. The number of halogens is 4.